The second kappa shape index (κ2) is 7.52. The molecule has 0 aliphatic heterocycles. The normalized spacial score (nSPS) is 10.9. The van der Waals surface area contributed by atoms with Crippen molar-refractivity contribution in [3.05, 3.63) is 52.9 Å². The van der Waals surface area contributed by atoms with Gasteiger partial charge < -0.3 is 5.73 Å². The van der Waals surface area contributed by atoms with Gasteiger partial charge in [0, 0.05) is 16.3 Å². The summed E-state index contributed by atoms with van der Waals surface area (Å²) in [5.41, 5.74) is 8.79. The smallest absolute Gasteiger partial charge is 0.139 e. The Hall–Kier alpha value is -1.46. The van der Waals surface area contributed by atoms with Crippen molar-refractivity contribution in [3.8, 4) is 0 Å². The molecule has 0 fully saturated rings. The summed E-state index contributed by atoms with van der Waals surface area (Å²) in [6.45, 7) is 4.70. The van der Waals surface area contributed by atoms with E-state index in [0.29, 0.717) is 12.3 Å². The van der Waals surface area contributed by atoms with Crippen LogP contribution in [0.4, 0.5) is 4.39 Å². The molecule has 2 aromatic rings. The van der Waals surface area contributed by atoms with Crippen LogP contribution < -0.4 is 5.73 Å². The predicted octanol–water partition coefficient (Wildman–Crippen LogP) is 3.42. The molecule has 0 unspecified atom stereocenters. The molecular formula is C16H20FN3S. The minimum absolute atomic E-state index is 0.217. The van der Waals surface area contributed by atoms with Gasteiger partial charge in [0.1, 0.15) is 11.6 Å². The van der Waals surface area contributed by atoms with Crippen molar-refractivity contribution in [2.75, 3.05) is 6.54 Å². The Kier molecular flexibility index (Phi) is 5.70. The van der Waals surface area contributed by atoms with E-state index in [1.165, 1.54) is 17.7 Å². The predicted molar refractivity (Wildman–Crippen MR) is 84.8 cm³/mol. The van der Waals surface area contributed by atoms with E-state index in [1.807, 2.05) is 19.9 Å². The van der Waals surface area contributed by atoms with Crippen LogP contribution in [-0.4, -0.2) is 16.5 Å². The summed E-state index contributed by atoms with van der Waals surface area (Å²) in [6.07, 6.45) is 1.87. The summed E-state index contributed by atoms with van der Waals surface area (Å²) in [7, 11) is 0. The van der Waals surface area contributed by atoms with Gasteiger partial charge in [0.15, 0.2) is 0 Å². The van der Waals surface area contributed by atoms with Crippen LogP contribution in [0.5, 0.6) is 0 Å². The Bertz CT molecular complexity index is 593. The van der Waals surface area contributed by atoms with Gasteiger partial charge in [0.25, 0.3) is 0 Å². The maximum absolute atomic E-state index is 13.1. The minimum Gasteiger partial charge on any atom is -0.330 e. The van der Waals surface area contributed by atoms with Crippen molar-refractivity contribution >= 4 is 11.8 Å². The molecule has 0 radical (unpaired) electrons. The first-order valence-corrected chi connectivity index (χ1v) is 8.00. The lowest BCUT2D eigenvalue weighted by atomic mass is 10.1. The molecule has 1 aromatic carbocycles. The summed E-state index contributed by atoms with van der Waals surface area (Å²) in [5, 5.41) is 0. The van der Waals surface area contributed by atoms with E-state index < -0.39 is 0 Å². The van der Waals surface area contributed by atoms with E-state index in [2.05, 4.69) is 9.97 Å². The van der Waals surface area contributed by atoms with Crippen molar-refractivity contribution in [2.45, 2.75) is 37.3 Å². The molecule has 3 nitrogen and oxygen atoms in total. The number of halogens is 1. The van der Waals surface area contributed by atoms with Gasteiger partial charge in [-0.2, -0.15) is 0 Å². The summed E-state index contributed by atoms with van der Waals surface area (Å²) < 4.78 is 13.1. The fourth-order valence-corrected chi connectivity index (χ4v) is 3.01. The molecule has 5 heteroatoms. The number of hydrogen-bond acceptors (Lipinski definition) is 4. The number of benzene rings is 1. The van der Waals surface area contributed by atoms with Gasteiger partial charge in [0.2, 0.25) is 0 Å². The number of rotatable bonds is 6. The number of nitrogens with two attached hydrogens (primary N) is 1. The van der Waals surface area contributed by atoms with E-state index in [9.17, 15) is 4.39 Å². The molecular weight excluding hydrogens is 285 g/mol. The number of thioether (sulfide) groups is 1. The van der Waals surface area contributed by atoms with Crippen molar-refractivity contribution in [3.63, 3.8) is 0 Å². The molecule has 1 heterocycles. The maximum Gasteiger partial charge on any atom is 0.139 e. The molecule has 112 valence electrons. The van der Waals surface area contributed by atoms with Gasteiger partial charge >= 0.3 is 0 Å². The molecule has 0 bridgehead atoms. The first-order valence-electron chi connectivity index (χ1n) is 7.01. The Balaban J connectivity index is 2.07. The Morgan fingerprint density at radius 1 is 1.19 bits per heavy atom. The molecule has 0 spiro atoms. The monoisotopic (exact) mass is 305 g/mol. The van der Waals surface area contributed by atoms with Gasteiger partial charge in [-0.25, -0.2) is 14.4 Å². The average Bonchev–Trinajstić information content (AvgIpc) is 2.44. The van der Waals surface area contributed by atoms with Crippen molar-refractivity contribution in [1.82, 2.24) is 9.97 Å². The quantitative estimate of drug-likeness (QED) is 0.831. The fraction of sp³-hybridized carbons (Fsp3) is 0.375. The molecule has 0 saturated carbocycles. The highest BCUT2D eigenvalue weighted by atomic mass is 32.2. The van der Waals surface area contributed by atoms with Crippen LogP contribution in [0.1, 0.15) is 29.2 Å². The van der Waals surface area contributed by atoms with Crippen LogP contribution in [0.25, 0.3) is 0 Å². The number of aryl methyl sites for hydroxylation is 2. The SMILES string of the molecule is Cc1nc(CSc2cccc(F)c2)nc(C)c1CCCN. The largest absolute Gasteiger partial charge is 0.330 e. The van der Waals surface area contributed by atoms with Crippen LogP contribution in [-0.2, 0) is 12.2 Å². The van der Waals surface area contributed by atoms with E-state index in [4.69, 9.17) is 5.73 Å². The number of hydrogen-bond donors (Lipinski definition) is 1. The van der Waals surface area contributed by atoms with Gasteiger partial charge in [-0.05, 0) is 57.0 Å². The van der Waals surface area contributed by atoms with E-state index in [0.717, 1.165) is 34.9 Å². The lowest BCUT2D eigenvalue weighted by molar-refractivity contribution is 0.624. The molecule has 2 rings (SSSR count). The zero-order chi connectivity index (χ0) is 15.2. The van der Waals surface area contributed by atoms with E-state index >= 15 is 0 Å². The Morgan fingerprint density at radius 2 is 1.90 bits per heavy atom. The van der Waals surface area contributed by atoms with Gasteiger partial charge in [-0.3, -0.25) is 0 Å². The van der Waals surface area contributed by atoms with Gasteiger partial charge in [-0.1, -0.05) is 6.07 Å². The zero-order valence-electron chi connectivity index (χ0n) is 12.4. The van der Waals surface area contributed by atoms with E-state index in [1.54, 1.807) is 17.8 Å². The van der Waals surface area contributed by atoms with Crippen LogP contribution in [0.3, 0.4) is 0 Å². The molecule has 0 aliphatic carbocycles. The highest BCUT2D eigenvalue weighted by Gasteiger charge is 2.08. The fourth-order valence-electron chi connectivity index (χ4n) is 2.22. The molecule has 0 saturated heterocycles. The van der Waals surface area contributed by atoms with E-state index in [-0.39, 0.29) is 5.82 Å². The van der Waals surface area contributed by atoms with Crippen molar-refractivity contribution in [2.24, 2.45) is 5.73 Å². The lowest BCUT2D eigenvalue weighted by Crippen LogP contribution is -2.07. The number of nitrogens with zero attached hydrogens (tertiary/aromatic N) is 2. The zero-order valence-corrected chi connectivity index (χ0v) is 13.2. The topological polar surface area (TPSA) is 51.8 Å². The van der Waals surface area contributed by atoms with Crippen molar-refractivity contribution < 1.29 is 4.39 Å². The summed E-state index contributed by atoms with van der Waals surface area (Å²) in [4.78, 5) is 10.0. The first kappa shape index (κ1) is 15.9. The van der Waals surface area contributed by atoms with Crippen LogP contribution in [0.2, 0.25) is 0 Å². The van der Waals surface area contributed by atoms with Crippen LogP contribution in [0.15, 0.2) is 29.2 Å². The second-order valence-corrected chi connectivity index (χ2v) is 5.98. The third kappa shape index (κ3) is 4.51. The third-order valence-electron chi connectivity index (χ3n) is 3.26. The second-order valence-electron chi connectivity index (χ2n) is 4.93. The third-order valence-corrected chi connectivity index (χ3v) is 4.25. The molecule has 0 atom stereocenters. The molecule has 0 aliphatic rings. The van der Waals surface area contributed by atoms with Gasteiger partial charge in [0.05, 0.1) is 5.75 Å². The maximum atomic E-state index is 13.1. The lowest BCUT2D eigenvalue weighted by Gasteiger charge is -2.10. The summed E-state index contributed by atoms with van der Waals surface area (Å²) in [5.74, 6) is 1.21. The minimum atomic E-state index is -0.217. The Morgan fingerprint density at radius 3 is 2.52 bits per heavy atom. The Labute approximate surface area is 129 Å². The molecule has 21 heavy (non-hydrogen) atoms. The molecule has 0 amide bonds. The average molecular weight is 305 g/mol. The highest BCUT2D eigenvalue weighted by molar-refractivity contribution is 7.98. The van der Waals surface area contributed by atoms with Gasteiger partial charge in [-0.15, -0.1) is 11.8 Å². The highest BCUT2D eigenvalue weighted by Crippen LogP contribution is 2.23. The number of aromatic nitrogens is 2. The molecule has 1 aromatic heterocycles. The first-order chi connectivity index (χ1) is 10.1. The summed E-state index contributed by atoms with van der Waals surface area (Å²) in [6, 6.07) is 6.58. The molecule has 2 N–H and O–H groups in total. The van der Waals surface area contributed by atoms with Crippen LogP contribution >= 0.6 is 11.8 Å². The van der Waals surface area contributed by atoms with Crippen LogP contribution in [0, 0.1) is 19.7 Å². The standard InChI is InChI=1S/C16H20FN3S/c1-11-15(7-4-8-18)12(2)20-16(19-11)10-21-14-6-3-5-13(17)9-14/h3,5-6,9H,4,7-8,10,18H2,1-2H3. The summed E-state index contributed by atoms with van der Waals surface area (Å²) >= 11 is 1.54. The van der Waals surface area contributed by atoms with Crippen molar-refractivity contribution in [1.29, 1.82) is 0 Å².